The van der Waals surface area contributed by atoms with E-state index in [1.165, 1.54) is 30.4 Å². The minimum Gasteiger partial charge on any atom is -0.507 e. The van der Waals surface area contributed by atoms with Crippen LogP contribution in [0.15, 0.2) is 60.7 Å². The van der Waals surface area contributed by atoms with Crippen molar-refractivity contribution >= 4 is 41.3 Å². The van der Waals surface area contributed by atoms with Gasteiger partial charge in [-0.15, -0.1) is 0 Å². The molecular formula is C42H57NO13. The SMILES string of the molecule is C[C@@H]1/C=C\C(=O)[C@@H](O)[C@@H](O)C/C=C/c2cc(CCCO)cc(O)c2C(=O)O[C@H]1C.Nc1cc(CCCO)cc2c1C(=O)OCC/C=C\C(=O)CCC/C=C/2.O.O. The number of hydrogen-bond donors (Lipinski definition) is 6. The number of phenols is 1. The van der Waals surface area contributed by atoms with Crippen LogP contribution in [-0.4, -0.2) is 98.1 Å². The summed E-state index contributed by atoms with van der Waals surface area (Å²) in [6.07, 6.45) is 14.2. The summed E-state index contributed by atoms with van der Waals surface area (Å²) >= 11 is 0. The predicted octanol–water partition coefficient (Wildman–Crippen LogP) is 3.18. The summed E-state index contributed by atoms with van der Waals surface area (Å²) in [6.45, 7) is 3.72. The number of nitrogen functional groups attached to an aromatic ring is 1. The number of hydrogen-bond acceptors (Lipinski definition) is 12. The van der Waals surface area contributed by atoms with E-state index in [0.717, 1.165) is 29.5 Å². The number of benzene rings is 2. The van der Waals surface area contributed by atoms with E-state index in [4.69, 9.17) is 25.4 Å². The molecule has 0 bridgehead atoms. The number of cyclic esters (lactones) is 2. The Labute approximate surface area is 327 Å². The molecule has 308 valence electrons. The quantitative estimate of drug-likeness (QED) is 0.182. The van der Waals surface area contributed by atoms with E-state index in [9.17, 15) is 34.5 Å². The third kappa shape index (κ3) is 15.3. The van der Waals surface area contributed by atoms with Gasteiger partial charge in [-0.25, -0.2) is 9.59 Å². The average molecular weight is 784 g/mol. The lowest BCUT2D eigenvalue weighted by Crippen LogP contribution is -2.32. The Bertz CT molecular complexity index is 1730. The average Bonchev–Trinajstić information content (AvgIpc) is 3.13. The van der Waals surface area contributed by atoms with Gasteiger partial charge in [0.15, 0.2) is 11.6 Å². The highest BCUT2D eigenvalue weighted by atomic mass is 16.5. The first-order chi connectivity index (χ1) is 25.9. The summed E-state index contributed by atoms with van der Waals surface area (Å²) in [7, 11) is 0. The summed E-state index contributed by atoms with van der Waals surface area (Å²) in [4.78, 5) is 48.8. The molecule has 0 aromatic heterocycles. The van der Waals surface area contributed by atoms with Crippen LogP contribution in [0, 0.1) is 5.92 Å². The van der Waals surface area contributed by atoms with Gasteiger partial charge in [0, 0.05) is 31.2 Å². The van der Waals surface area contributed by atoms with E-state index in [-0.39, 0.29) is 60.2 Å². The molecule has 2 aliphatic rings. The maximum absolute atomic E-state index is 12.7. The minimum absolute atomic E-state index is 0. The summed E-state index contributed by atoms with van der Waals surface area (Å²) < 4.78 is 10.8. The summed E-state index contributed by atoms with van der Waals surface area (Å²) in [5, 5.41) is 48.6. The van der Waals surface area contributed by atoms with Crippen molar-refractivity contribution in [3.05, 3.63) is 94.1 Å². The Morgan fingerprint density at radius 2 is 1.38 bits per heavy atom. The number of anilines is 1. The van der Waals surface area contributed by atoms with Crippen molar-refractivity contribution in [2.75, 3.05) is 25.6 Å². The molecule has 2 aliphatic heterocycles. The number of ether oxygens (including phenoxy) is 2. The Kier molecular flexibility index (Phi) is 22.1. The van der Waals surface area contributed by atoms with E-state index >= 15 is 0 Å². The van der Waals surface area contributed by atoms with Crippen LogP contribution < -0.4 is 5.73 Å². The first kappa shape index (κ1) is 49.1. The summed E-state index contributed by atoms with van der Waals surface area (Å²) in [6, 6.07) is 6.86. The van der Waals surface area contributed by atoms with Crippen LogP contribution in [-0.2, 0) is 31.9 Å². The molecule has 14 nitrogen and oxygen atoms in total. The Hall–Kier alpha value is -4.96. The lowest BCUT2D eigenvalue weighted by molar-refractivity contribution is -0.127. The Balaban J connectivity index is 0.000000546. The van der Waals surface area contributed by atoms with Crippen molar-refractivity contribution < 1.29 is 65.1 Å². The minimum atomic E-state index is -1.56. The van der Waals surface area contributed by atoms with Crippen LogP contribution in [0.4, 0.5) is 5.69 Å². The molecular weight excluding hydrogens is 726 g/mol. The van der Waals surface area contributed by atoms with Gasteiger partial charge < -0.3 is 51.7 Å². The van der Waals surface area contributed by atoms with Crippen molar-refractivity contribution in [2.45, 2.75) is 89.9 Å². The molecule has 0 fully saturated rings. The van der Waals surface area contributed by atoms with E-state index in [2.05, 4.69) is 0 Å². The zero-order valence-electron chi connectivity index (χ0n) is 32.0. The molecule has 56 heavy (non-hydrogen) atoms. The van der Waals surface area contributed by atoms with Crippen LogP contribution >= 0.6 is 0 Å². The molecule has 4 rings (SSSR count). The lowest BCUT2D eigenvalue weighted by atomic mass is 9.97. The van der Waals surface area contributed by atoms with Gasteiger partial charge in [0.1, 0.15) is 23.5 Å². The third-order valence-electron chi connectivity index (χ3n) is 8.96. The number of ketones is 2. The first-order valence-electron chi connectivity index (χ1n) is 18.3. The number of aryl methyl sites for hydroxylation is 2. The van der Waals surface area contributed by atoms with Gasteiger partial charge >= 0.3 is 11.9 Å². The van der Waals surface area contributed by atoms with Crippen molar-refractivity contribution in [1.29, 1.82) is 0 Å². The van der Waals surface area contributed by atoms with Gasteiger partial charge in [0.25, 0.3) is 0 Å². The van der Waals surface area contributed by atoms with Crippen molar-refractivity contribution in [3.63, 3.8) is 0 Å². The molecule has 2 heterocycles. The summed E-state index contributed by atoms with van der Waals surface area (Å²) in [5.41, 5.74) is 9.68. The molecule has 2 aromatic rings. The van der Waals surface area contributed by atoms with E-state index in [1.807, 2.05) is 18.2 Å². The zero-order valence-corrected chi connectivity index (χ0v) is 32.0. The number of carbonyl (C=O) groups is 4. The molecule has 0 spiro atoms. The fourth-order valence-corrected chi connectivity index (χ4v) is 5.72. The lowest BCUT2D eigenvalue weighted by Gasteiger charge is -2.20. The number of phenolic OH excluding ortho intramolecular Hbond substituents is 1. The largest absolute Gasteiger partial charge is 0.507 e. The number of carbonyl (C=O) groups excluding carboxylic acids is 4. The highest BCUT2D eigenvalue weighted by Crippen LogP contribution is 2.29. The van der Waals surface area contributed by atoms with Crippen LogP contribution in [0.25, 0.3) is 12.2 Å². The number of esters is 2. The monoisotopic (exact) mass is 783 g/mol. The third-order valence-corrected chi connectivity index (χ3v) is 8.96. The number of allylic oxidation sites excluding steroid dienone is 2. The molecule has 2 aromatic carbocycles. The van der Waals surface area contributed by atoms with Crippen molar-refractivity contribution in [3.8, 4) is 5.75 Å². The molecule has 0 saturated heterocycles. The number of aliphatic hydroxyl groups is 4. The molecule has 0 amide bonds. The topological polar surface area (TPSA) is 277 Å². The Morgan fingerprint density at radius 3 is 2.04 bits per heavy atom. The first-order valence-corrected chi connectivity index (χ1v) is 18.3. The molecule has 14 heteroatoms. The van der Waals surface area contributed by atoms with Crippen LogP contribution in [0.2, 0.25) is 0 Å². The Morgan fingerprint density at radius 1 is 0.768 bits per heavy atom. The van der Waals surface area contributed by atoms with Gasteiger partial charge in [0.2, 0.25) is 0 Å². The highest BCUT2D eigenvalue weighted by Gasteiger charge is 2.25. The van der Waals surface area contributed by atoms with Gasteiger partial charge in [0.05, 0.1) is 18.3 Å². The van der Waals surface area contributed by atoms with Crippen molar-refractivity contribution in [1.82, 2.24) is 0 Å². The van der Waals surface area contributed by atoms with E-state index in [0.29, 0.717) is 55.3 Å². The van der Waals surface area contributed by atoms with Crippen LogP contribution in [0.1, 0.15) is 102 Å². The molecule has 11 N–H and O–H groups in total. The number of rotatable bonds is 6. The predicted molar refractivity (Wildman–Crippen MR) is 213 cm³/mol. The molecule has 4 atom stereocenters. The van der Waals surface area contributed by atoms with E-state index in [1.54, 1.807) is 38.1 Å². The summed E-state index contributed by atoms with van der Waals surface area (Å²) in [5.74, 6) is -2.26. The second-order valence-electron chi connectivity index (χ2n) is 13.4. The number of fused-ring (bicyclic) bond motifs is 2. The second kappa shape index (κ2) is 25.2. The number of aliphatic hydroxyl groups excluding tert-OH is 4. The van der Waals surface area contributed by atoms with Crippen LogP contribution in [0.3, 0.4) is 0 Å². The molecule has 0 radical (unpaired) electrons. The van der Waals surface area contributed by atoms with Crippen molar-refractivity contribution in [2.24, 2.45) is 5.92 Å². The fraction of sp³-hybridized carbons (Fsp3) is 0.429. The van der Waals surface area contributed by atoms with E-state index < -0.39 is 36.0 Å². The zero-order chi connectivity index (χ0) is 39.6. The molecule has 0 unspecified atom stereocenters. The van der Waals surface area contributed by atoms with Gasteiger partial charge in [-0.2, -0.15) is 0 Å². The standard InChI is InChI=1S/C22H28O7.C20H25NO4.2H2O/c1-13-8-9-18(25)21(27)17(24)7-3-6-16-11-15(5-4-10-23)12-19(26)20(16)22(28)29-14(13)2;21-18-14-15(7-6-11-22)13-16-8-2-1-3-9-17(23)10-4-5-12-25-20(24)19(16)18;;/h3,6,8-9,11-14,17,21,23-24,26-27H,4-5,7,10H2,1-2H3;2,4,8,10,13-14,22H,1,3,5-7,9,11-12,21H2;2*1H2/b6-3+,9-8-;8-2+,10-4-;;/t13-,14+,17+,21+;;;/m1.../s1. The highest BCUT2D eigenvalue weighted by molar-refractivity contribution is 5.99. The van der Waals surface area contributed by atoms with Gasteiger partial charge in [-0.05, 0) is 105 Å². The second-order valence-corrected chi connectivity index (χ2v) is 13.4. The number of nitrogens with two attached hydrogens (primary N) is 1. The number of aromatic hydroxyl groups is 1. The molecule has 0 saturated carbocycles. The normalized spacial score (nSPS) is 23.0. The maximum Gasteiger partial charge on any atom is 0.342 e. The van der Waals surface area contributed by atoms with Crippen LogP contribution in [0.5, 0.6) is 5.75 Å². The van der Waals surface area contributed by atoms with Gasteiger partial charge in [-0.1, -0.05) is 55.5 Å². The smallest absolute Gasteiger partial charge is 0.342 e. The maximum atomic E-state index is 12.7. The van der Waals surface area contributed by atoms with Gasteiger partial charge in [-0.3, -0.25) is 9.59 Å². The fourth-order valence-electron chi connectivity index (χ4n) is 5.72. The molecule has 0 aliphatic carbocycles.